The number of piperidine rings is 1. The number of imide groups is 1. The smallest absolute Gasteiger partial charge is 0.255 e. The second-order valence-electron chi connectivity index (χ2n) is 8.26. The molecule has 7 heteroatoms. The first-order chi connectivity index (χ1) is 15.0. The number of nitrogens with two attached hydrogens (primary N) is 1. The van der Waals surface area contributed by atoms with Crippen molar-refractivity contribution in [3.05, 3.63) is 70.8 Å². The van der Waals surface area contributed by atoms with Gasteiger partial charge < -0.3 is 16.0 Å². The number of amides is 3. The summed E-state index contributed by atoms with van der Waals surface area (Å²) in [5, 5.41) is 5.78. The molecule has 0 bridgehead atoms. The van der Waals surface area contributed by atoms with Gasteiger partial charge in [-0.25, -0.2) is 0 Å². The zero-order valence-corrected chi connectivity index (χ0v) is 17.5. The minimum atomic E-state index is -0.589. The van der Waals surface area contributed by atoms with E-state index in [-0.39, 0.29) is 30.2 Å². The maximum absolute atomic E-state index is 12.9. The quantitative estimate of drug-likeness (QED) is 0.443. The molecule has 7 nitrogen and oxygen atoms in total. The Kier molecular flexibility index (Phi) is 6.44. The van der Waals surface area contributed by atoms with Crippen molar-refractivity contribution in [1.82, 2.24) is 15.5 Å². The van der Waals surface area contributed by atoms with Gasteiger partial charge in [0.1, 0.15) is 6.04 Å². The number of rotatable bonds is 8. The molecule has 1 saturated heterocycles. The Balaban J connectivity index is 1.32. The van der Waals surface area contributed by atoms with Crippen molar-refractivity contribution in [3.63, 3.8) is 0 Å². The molecular formula is C24H28N4O3. The van der Waals surface area contributed by atoms with Crippen LogP contribution in [0.15, 0.2) is 48.5 Å². The zero-order chi connectivity index (χ0) is 21.8. The number of nitrogens with one attached hydrogen (secondary N) is 2. The fourth-order valence-corrected chi connectivity index (χ4v) is 4.34. The third-order valence-corrected chi connectivity index (χ3v) is 6.03. The normalized spacial score (nSPS) is 19.3. The van der Waals surface area contributed by atoms with Crippen LogP contribution in [0.4, 0.5) is 0 Å². The molecule has 2 aromatic rings. The van der Waals surface area contributed by atoms with Crippen LogP contribution in [0.5, 0.6) is 0 Å². The van der Waals surface area contributed by atoms with Crippen LogP contribution in [-0.2, 0) is 29.1 Å². The van der Waals surface area contributed by atoms with E-state index in [2.05, 4.69) is 22.8 Å². The first-order valence-electron chi connectivity index (χ1n) is 10.8. The molecule has 4 N–H and O–H groups in total. The molecule has 0 radical (unpaired) electrons. The molecule has 2 aliphatic rings. The molecule has 31 heavy (non-hydrogen) atoms. The molecule has 0 aliphatic carbocycles. The van der Waals surface area contributed by atoms with E-state index in [1.807, 2.05) is 36.4 Å². The summed E-state index contributed by atoms with van der Waals surface area (Å²) in [7, 11) is 0. The highest BCUT2D eigenvalue weighted by atomic mass is 16.2. The van der Waals surface area contributed by atoms with E-state index in [4.69, 9.17) is 5.73 Å². The van der Waals surface area contributed by atoms with E-state index in [0.29, 0.717) is 25.1 Å². The average Bonchev–Trinajstić information content (AvgIpc) is 3.09. The van der Waals surface area contributed by atoms with Crippen LogP contribution in [0.3, 0.4) is 0 Å². The fourth-order valence-electron chi connectivity index (χ4n) is 4.34. The summed E-state index contributed by atoms with van der Waals surface area (Å²) in [6.07, 6.45) is 2.33. The molecule has 162 valence electrons. The van der Waals surface area contributed by atoms with Crippen LogP contribution in [0.2, 0.25) is 0 Å². The highest BCUT2D eigenvalue weighted by molar-refractivity contribution is 6.05. The average molecular weight is 421 g/mol. The molecule has 2 aliphatic heterocycles. The van der Waals surface area contributed by atoms with Crippen molar-refractivity contribution in [1.29, 1.82) is 0 Å². The lowest BCUT2D eigenvalue weighted by Crippen LogP contribution is -2.52. The van der Waals surface area contributed by atoms with E-state index >= 15 is 0 Å². The number of carbonyl (C=O) groups is 3. The monoisotopic (exact) mass is 420 g/mol. The van der Waals surface area contributed by atoms with Gasteiger partial charge >= 0.3 is 0 Å². The third kappa shape index (κ3) is 4.84. The second-order valence-corrected chi connectivity index (χ2v) is 8.26. The largest absolute Gasteiger partial charge is 0.327 e. The minimum absolute atomic E-state index is 0.0842. The second kappa shape index (κ2) is 9.41. The number of hydrogen-bond donors (Lipinski definition) is 3. The lowest BCUT2D eigenvalue weighted by molar-refractivity contribution is -0.136. The van der Waals surface area contributed by atoms with Crippen molar-refractivity contribution in [3.8, 4) is 0 Å². The van der Waals surface area contributed by atoms with Gasteiger partial charge in [-0.05, 0) is 48.6 Å². The molecule has 0 saturated carbocycles. The highest BCUT2D eigenvalue weighted by Crippen LogP contribution is 2.29. The van der Waals surface area contributed by atoms with Gasteiger partial charge in [0.25, 0.3) is 5.91 Å². The number of fused-ring (bicyclic) bond motifs is 1. The van der Waals surface area contributed by atoms with Gasteiger partial charge in [0.2, 0.25) is 11.8 Å². The molecular weight excluding hydrogens is 392 g/mol. The van der Waals surface area contributed by atoms with Crippen molar-refractivity contribution in [2.75, 3.05) is 6.54 Å². The van der Waals surface area contributed by atoms with Gasteiger partial charge in [0.15, 0.2) is 0 Å². The Morgan fingerprint density at radius 1 is 1.10 bits per heavy atom. The van der Waals surface area contributed by atoms with Crippen molar-refractivity contribution in [2.24, 2.45) is 5.73 Å². The summed E-state index contributed by atoms with van der Waals surface area (Å²) < 4.78 is 0. The van der Waals surface area contributed by atoms with Crippen LogP contribution in [0.1, 0.15) is 46.3 Å². The highest BCUT2D eigenvalue weighted by Gasteiger charge is 2.39. The predicted octanol–water partition coefficient (Wildman–Crippen LogP) is 1.50. The minimum Gasteiger partial charge on any atom is -0.327 e. The number of benzene rings is 2. The third-order valence-electron chi connectivity index (χ3n) is 6.03. The topological polar surface area (TPSA) is 105 Å². The first kappa shape index (κ1) is 21.2. The first-order valence-corrected chi connectivity index (χ1v) is 10.8. The van der Waals surface area contributed by atoms with E-state index < -0.39 is 6.04 Å². The van der Waals surface area contributed by atoms with E-state index in [0.717, 1.165) is 30.5 Å². The maximum atomic E-state index is 12.9. The summed E-state index contributed by atoms with van der Waals surface area (Å²) in [6.45, 7) is 1.81. The molecule has 3 amide bonds. The van der Waals surface area contributed by atoms with Gasteiger partial charge in [-0.3, -0.25) is 19.7 Å². The molecule has 1 fully saturated rings. The van der Waals surface area contributed by atoms with Crippen molar-refractivity contribution in [2.45, 2.75) is 50.9 Å². The molecule has 2 unspecified atom stereocenters. The van der Waals surface area contributed by atoms with Crippen LogP contribution < -0.4 is 16.4 Å². The summed E-state index contributed by atoms with van der Waals surface area (Å²) >= 11 is 0. The molecule has 4 rings (SSSR count). The van der Waals surface area contributed by atoms with Gasteiger partial charge in [-0.1, -0.05) is 42.5 Å². The number of nitrogens with zero attached hydrogens (tertiary/aromatic N) is 1. The Bertz CT molecular complexity index is 976. The Hall–Kier alpha value is -3.03. The molecule has 2 heterocycles. The molecule has 2 atom stereocenters. The summed E-state index contributed by atoms with van der Waals surface area (Å²) in [4.78, 5) is 38.1. The standard InChI is InChI=1S/C24H28N4O3/c25-18(13-16-5-2-1-3-6-16)11-12-26-14-17-7-4-8-19-20(17)15-28(24(19)31)21-9-10-22(29)27-23(21)30/h1-8,18,21,26H,9-15,25H2,(H,27,29,30). The van der Waals surface area contributed by atoms with Gasteiger partial charge in [-0.15, -0.1) is 0 Å². The molecule has 2 aromatic carbocycles. The number of hydrogen-bond acceptors (Lipinski definition) is 5. The van der Waals surface area contributed by atoms with Gasteiger partial charge in [0, 0.05) is 31.1 Å². The van der Waals surface area contributed by atoms with E-state index in [9.17, 15) is 14.4 Å². The Morgan fingerprint density at radius 3 is 2.68 bits per heavy atom. The van der Waals surface area contributed by atoms with E-state index in [1.54, 1.807) is 4.90 Å². The lowest BCUT2D eigenvalue weighted by Gasteiger charge is -2.29. The Labute approximate surface area is 182 Å². The van der Waals surface area contributed by atoms with Crippen LogP contribution in [0.25, 0.3) is 0 Å². The summed E-state index contributed by atoms with van der Waals surface area (Å²) in [5.41, 5.74) is 10.2. The van der Waals surface area contributed by atoms with Crippen molar-refractivity contribution < 1.29 is 14.4 Å². The Morgan fingerprint density at radius 2 is 1.90 bits per heavy atom. The number of carbonyl (C=O) groups excluding carboxylic acids is 3. The van der Waals surface area contributed by atoms with Crippen LogP contribution in [0, 0.1) is 0 Å². The van der Waals surface area contributed by atoms with Gasteiger partial charge in [-0.2, -0.15) is 0 Å². The zero-order valence-electron chi connectivity index (χ0n) is 17.5. The lowest BCUT2D eigenvalue weighted by atomic mass is 10.0. The van der Waals surface area contributed by atoms with Gasteiger partial charge in [0.05, 0.1) is 0 Å². The fraction of sp³-hybridized carbons (Fsp3) is 0.375. The predicted molar refractivity (Wildman–Crippen MR) is 117 cm³/mol. The summed E-state index contributed by atoms with van der Waals surface area (Å²) in [5.74, 6) is -0.804. The van der Waals surface area contributed by atoms with Crippen LogP contribution in [-0.4, -0.2) is 41.2 Å². The maximum Gasteiger partial charge on any atom is 0.255 e. The molecule has 0 aromatic heterocycles. The summed E-state index contributed by atoms with van der Waals surface area (Å²) in [6, 6.07) is 15.4. The SMILES string of the molecule is NC(CCNCc1cccc2c1CN(C1CCC(=O)NC1=O)C2=O)Cc1ccccc1. The van der Waals surface area contributed by atoms with Crippen molar-refractivity contribution >= 4 is 17.7 Å². The van der Waals surface area contributed by atoms with E-state index in [1.165, 1.54) is 5.56 Å². The molecule has 0 spiro atoms. The van der Waals surface area contributed by atoms with Crippen LogP contribution >= 0.6 is 0 Å².